The summed E-state index contributed by atoms with van der Waals surface area (Å²) < 4.78 is 10.2. The van der Waals surface area contributed by atoms with E-state index in [4.69, 9.17) is 8.83 Å². The highest BCUT2D eigenvalue weighted by atomic mass is 16.3. The molecule has 0 bridgehead atoms. The van der Waals surface area contributed by atoms with Gasteiger partial charge in [0.25, 0.3) is 11.8 Å². The predicted molar refractivity (Wildman–Crippen MR) is 87.5 cm³/mol. The summed E-state index contributed by atoms with van der Waals surface area (Å²) in [6.07, 6.45) is 7.29. The Hall–Kier alpha value is -2.50. The van der Waals surface area contributed by atoms with Gasteiger partial charge in [0.1, 0.15) is 0 Å². The van der Waals surface area contributed by atoms with Gasteiger partial charge in [0.2, 0.25) is 0 Å². The van der Waals surface area contributed by atoms with E-state index in [1.54, 1.807) is 24.3 Å². The summed E-state index contributed by atoms with van der Waals surface area (Å²) in [5, 5.41) is 5.86. The van der Waals surface area contributed by atoms with Crippen LogP contribution >= 0.6 is 0 Å². The van der Waals surface area contributed by atoms with Crippen molar-refractivity contribution in [2.75, 3.05) is 13.1 Å². The van der Waals surface area contributed by atoms with Crippen LogP contribution in [0.4, 0.5) is 0 Å². The first-order valence-electron chi connectivity index (χ1n) is 8.36. The van der Waals surface area contributed by atoms with Crippen molar-refractivity contribution in [1.82, 2.24) is 10.6 Å². The van der Waals surface area contributed by atoms with Gasteiger partial charge in [0.15, 0.2) is 11.5 Å². The van der Waals surface area contributed by atoms with Gasteiger partial charge in [-0.15, -0.1) is 0 Å². The van der Waals surface area contributed by atoms with Crippen LogP contribution in [-0.4, -0.2) is 24.9 Å². The van der Waals surface area contributed by atoms with Gasteiger partial charge in [0.05, 0.1) is 12.5 Å². The smallest absolute Gasteiger partial charge is 0.286 e. The van der Waals surface area contributed by atoms with E-state index in [0.717, 1.165) is 25.7 Å². The van der Waals surface area contributed by atoms with Gasteiger partial charge in [-0.1, -0.05) is 6.42 Å². The highest BCUT2D eigenvalue weighted by Gasteiger charge is 2.23. The van der Waals surface area contributed by atoms with Crippen molar-refractivity contribution < 1.29 is 18.4 Å². The van der Waals surface area contributed by atoms with Crippen LogP contribution in [0.2, 0.25) is 0 Å². The SMILES string of the molecule is O=C(NCC1CCCC(CNC(=O)c2ccco2)C1)c1ccco1. The Bertz CT molecular complexity index is 592. The van der Waals surface area contributed by atoms with Gasteiger partial charge < -0.3 is 19.5 Å². The number of hydrogen-bond acceptors (Lipinski definition) is 4. The molecule has 1 fully saturated rings. The van der Waals surface area contributed by atoms with E-state index < -0.39 is 0 Å². The van der Waals surface area contributed by atoms with Crippen molar-refractivity contribution in [2.45, 2.75) is 25.7 Å². The van der Waals surface area contributed by atoms with Crippen molar-refractivity contribution in [3.63, 3.8) is 0 Å². The maximum absolute atomic E-state index is 11.9. The topological polar surface area (TPSA) is 84.5 Å². The van der Waals surface area contributed by atoms with E-state index in [1.807, 2.05) is 0 Å². The van der Waals surface area contributed by atoms with Crippen LogP contribution in [0.1, 0.15) is 46.8 Å². The second-order valence-corrected chi connectivity index (χ2v) is 6.27. The second kappa shape index (κ2) is 7.86. The first-order chi connectivity index (χ1) is 11.7. The van der Waals surface area contributed by atoms with Crippen molar-refractivity contribution in [1.29, 1.82) is 0 Å². The third kappa shape index (κ3) is 4.28. The number of hydrogen-bond donors (Lipinski definition) is 2. The average Bonchev–Trinajstić information content (AvgIpc) is 3.31. The Morgan fingerprint density at radius 1 is 0.917 bits per heavy atom. The van der Waals surface area contributed by atoms with E-state index in [2.05, 4.69) is 10.6 Å². The first-order valence-corrected chi connectivity index (χ1v) is 8.36. The number of rotatable bonds is 6. The third-order valence-corrected chi connectivity index (χ3v) is 4.48. The normalized spacial score (nSPS) is 20.5. The maximum Gasteiger partial charge on any atom is 0.286 e. The standard InChI is InChI=1S/C18H22N2O4/c21-17(15-6-2-8-23-15)19-11-13-4-1-5-14(10-13)12-20-18(22)16-7-3-9-24-16/h2-3,6-9,13-14H,1,4-5,10-12H2,(H,19,21)(H,20,22). The molecule has 0 aromatic carbocycles. The molecule has 0 spiro atoms. The minimum Gasteiger partial charge on any atom is -0.459 e. The molecule has 2 heterocycles. The lowest BCUT2D eigenvalue weighted by Crippen LogP contribution is -2.35. The first kappa shape index (κ1) is 16.4. The lowest BCUT2D eigenvalue weighted by molar-refractivity contribution is 0.0907. The molecule has 3 rings (SSSR count). The van der Waals surface area contributed by atoms with E-state index in [1.165, 1.54) is 12.5 Å². The zero-order valence-electron chi connectivity index (χ0n) is 13.5. The third-order valence-electron chi connectivity index (χ3n) is 4.48. The van der Waals surface area contributed by atoms with Crippen LogP contribution in [0, 0.1) is 11.8 Å². The summed E-state index contributed by atoms with van der Waals surface area (Å²) >= 11 is 0. The summed E-state index contributed by atoms with van der Waals surface area (Å²) in [4.78, 5) is 23.8. The van der Waals surface area contributed by atoms with Crippen LogP contribution < -0.4 is 10.6 Å². The molecule has 128 valence electrons. The molecule has 1 aliphatic rings. The minimum absolute atomic E-state index is 0.173. The van der Waals surface area contributed by atoms with E-state index in [-0.39, 0.29) is 11.8 Å². The molecule has 6 heteroatoms. The number of carbonyl (C=O) groups excluding carboxylic acids is 2. The van der Waals surface area contributed by atoms with Crippen LogP contribution in [0.5, 0.6) is 0 Å². The quantitative estimate of drug-likeness (QED) is 0.853. The highest BCUT2D eigenvalue weighted by Crippen LogP contribution is 2.28. The van der Waals surface area contributed by atoms with Crippen molar-refractivity contribution >= 4 is 11.8 Å². The van der Waals surface area contributed by atoms with E-state index in [0.29, 0.717) is 36.4 Å². The lowest BCUT2D eigenvalue weighted by Gasteiger charge is -2.29. The highest BCUT2D eigenvalue weighted by molar-refractivity contribution is 5.91. The monoisotopic (exact) mass is 330 g/mol. The molecule has 2 aromatic heterocycles. The molecular weight excluding hydrogens is 308 g/mol. The van der Waals surface area contributed by atoms with Crippen LogP contribution in [0.25, 0.3) is 0 Å². The Morgan fingerprint density at radius 3 is 1.83 bits per heavy atom. The molecule has 1 saturated carbocycles. The molecule has 24 heavy (non-hydrogen) atoms. The fraction of sp³-hybridized carbons (Fsp3) is 0.444. The molecule has 0 radical (unpaired) electrons. The van der Waals surface area contributed by atoms with Crippen molar-refractivity contribution in [2.24, 2.45) is 11.8 Å². The second-order valence-electron chi connectivity index (χ2n) is 6.27. The maximum atomic E-state index is 11.9. The number of nitrogens with one attached hydrogen (secondary N) is 2. The molecule has 2 unspecified atom stereocenters. The van der Waals surface area contributed by atoms with E-state index in [9.17, 15) is 9.59 Å². The zero-order chi connectivity index (χ0) is 16.8. The summed E-state index contributed by atoms with van der Waals surface area (Å²) in [5.74, 6) is 1.20. The van der Waals surface area contributed by atoms with Gasteiger partial charge >= 0.3 is 0 Å². The molecular formula is C18H22N2O4. The molecule has 0 saturated heterocycles. The van der Waals surface area contributed by atoms with Crippen LogP contribution in [-0.2, 0) is 0 Å². The number of carbonyl (C=O) groups is 2. The Morgan fingerprint density at radius 2 is 1.42 bits per heavy atom. The van der Waals surface area contributed by atoms with Crippen molar-refractivity contribution in [3.05, 3.63) is 48.3 Å². The Labute approximate surface area is 140 Å². The van der Waals surface area contributed by atoms with Crippen LogP contribution in [0.3, 0.4) is 0 Å². The molecule has 6 nitrogen and oxygen atoms in total. The van der Waals surface area contributed by atoms with Gasteiger partial charge in [-0.2, -0.15) is 0 Å². The Balaban J connectivity index is 1.41. The molecule has 0 aliphatic heterocycles. The van der Waals surface area contributed by atoms with Crippen molar-refractivity contribution in [3.8, 4) is 0 Å². The fourth-order valence-corrected chi connectivity index (χ4v) is 3.24. The van der Waals surface area contributed by atoms with E-state index >= 15 is 0 Å². The summed E-state index contributed by atoms with van der Waals surface area (Å²) in [5.41, 5.74) is 0. The number of amides is 2. The Kier molecular flexibility index (Phi) is 5.36. The summed E-state index contributed by atoms with van der Waals surface area (Å²) in [7, 11) is 0. The molecule has 2 amide bonds. The van der Waals surface area contributed by atoms with Gasteiger partial charge in [0, 0.05) is 13.1 Å². The summed E-state index contributed by atoms with van der Waals surface area (Å²) in [6.45, 7) is 1.28. The minimum atomic E-state index is -0.173. The summed E-state index contributed by atoms with van der Waals surface area (Å²) in [6, 6.07) is 6.72. The lowest BCUT2D eigenvalue weighted by atomic mass is 9.81. The van der Waals surface area contributed by atoms with Crippen LogP contribution in [0.15, 0.2) is 45.6 Å². The predicted octanol–water partition coefficient (Wildman–Crippen LogP) is 2.84. The van der Waals surface area contributed by atoms with Gasteiger partial charge in [-0.05, 0) is 55.4 Å². The average molecular weight is 330 g/mol. The molecule has 2 N–H and O–H groups in total. The van der Waals surface area contributed by atoms with Gasteiger partial charge in [-0.3, -0.25) is 9.59 Å². The van der Waals surface area contributed by atoms with Gasteiger partial charge in [-0.25, -0.2) is 0 Å². The number of furan rings is 2. The molecule has 2 aromatic rings. The largest absolute Gasteiger partial charge is 0.459 e. The zero-order valence-corrected chi connectivity index (χ0v) is 13.5. The molecule has 2 atom stereocenters. The molecule has 1 aliphatic carbocycles. The fourth-order valence-electron chi connectivity index (χ4n) is 3.24.